The van der Waals surface area contributed by atoms with E-state index in [9.17, 15) is 9.59 Å². The van der Waals surface area contributed by atoms with Crippen molar-refractivity contribution in [3.05, 3.63) is 41.7 Å². The summed E-state index contributed by atoms with van der Waals surface area (Å²) in [6.45, 7) is 6.52. The minimum Gasteiger partial charge on any atom is -0.382 e. The number of carbonyl (C=O) groups is 2. The number of hydrogen-bond acceptors (Lipinski definition) is 6. The molecule has 25 heavy (non-hydrogen) atoms. The monoisotopic (exact) mass is 344 g/mol. The Hall–Kier alpha value is -3.16. The Morgan fingerprint density at radius 1 is 1.20 bits per heavy atom. The highest BCUT2D eigenvalue weighted by Crippen LogP contribution is 2.11. The van der Waals surface area contributed by atoms with Gasteiger partial charge in [0, 0.05) is 18.7 Å². The Bertz CT molecular complexity index is 780. The van der Waals surface area contributed by atoms with Crippen molar-refractivity contribution >= 4 is 29.0 Å². The van der Waals surface area contributed by atoms with Gasteiger partial charge in [0.25, 0.3) is 5.91 Å². The highest BCUT2D eigenvalue weighted by atomic mass is 16.6. The summed E-state index contributed by atoms with van der Waals surface area (Å²) in [7, 11) is 0. The number of aryl methyl sites for hydroxylation is 1. The van der Waals surface area contributed by atoms with Gasteiger partial charge in [-0.2, -0.15) is 0 Å². The van der Waals surface area contributed by atoms with Crippen molar-refractivity contribution < 1.29 is 18.9 Å². The number of aromatic nitrogens is 1. The normalized spacial score (nSPS) is 12.4. The maximum absolute atomic E-state index is 12.0. The van der Waals surface area contributed by atoms with Crippen LogP contribution in [0.1, 0.15) is 32.1 Å². The zero-order chi connectivity index (χ0) is 18.4. The maximum Gasteiger partial charge on any atom is 0.269 e. The smallest absolute Gasteiger partial charge is 0.269 e. The molecule has 0 saturated heterocycles. The van der Waals surface area contributed by atoms with Gasteiger partial charge in [0.1, 0.15) is 5.76 Å². The van der Waals surface area contributed by atoms with E-state index in [4.69, 9.17) is 9.36 Å². The molecule has 0 spiro atoms. The number of anilines is 2. The number of oxime groups is 1. The van der Waals surface area contributed by atoms with Gasteiger partial charge in [-0.1, -0.05) is 22.4 Å². The molecule has 1 heterocycles. The second-order valence-electron chi connectivity index (χ2n) is 5.49. The van der Waals surface area contributed by atoms with Gasteiger partial charge >= 0.3 is 0 Å². The molecule has 2 aromatic rings. The fourth-order valence-electron chi connectivity index (χ4n) is 1.91. The molecule has 1 aromatic heterocycles. The molecule has 0 radical (unpaired) electrons. The lowest BCUT2D eigenvalue weighted by Gasteiger charge is -2.10. The third kappa shape index (κ3) is 5.45. The van der Waals surface area contributed by atoms with E-state index in [2.05, 4.69) is 20.9 Å². The molecule has 0 fully saturated rings. The topological polar surface area (TPSA) is 106 Å². The molecule has 0 aliphatic carbocycles. The van der Waals surface area contributed by atoms with Crippen LogP contribution in [0.25, 0.3) is 0 Å². The quantitative estimate of drug-likeness (QED) is 0.619. The zero-order valence-corrected chi connectivity index (χ0v) is 14.5. The second-order valence-corrected chi connectivity index (χ2v) is 5.49. The first-order chi connectivity index (χ1) is 11.8. The van der Waals surface area contributed by atoms with Gasteiger partial charge in [-0.3, -0.25) is 9.59 Å². The highest BCUT2D eigenvalue weighted by molar-refractivity contribution is 5.99. The minimum absolute atomic E-state index is 0.136. The molecule has 0 bridgehead atoms. The van der Waals surface area contributed by atoms with Crippen molar-refractivity contribution in [1.82, 2.24) is 5.16 Å². The predicted octanol–water partition coefficient (Wildman–Crippen LogP) is 2.71. The SMILES string of the molecule is CC(=O)Nc1ccc(/C(C)=N/OC(C)C(=O)Nc2cc(C)on2)cc1. The fourth-order valence-corrected chi connectivity index (χ4v) is 1.91. The minimum atomic E-state index is -0.800. The van der Waals surface area contributed by atoms with Gasteiger partial charge in [0.2, 0.25) is 12.0 Å². The molecule has 8 heteroatoms. The van der Waals surface area contributed by atoms with E-state index in [1.165, 1.54) is 6.92 Å². The van der Waals surface area contributed by atoms with Gasteiger partial charge in [0.15, 0.2) is 5.82 Å². The largest absolute Gasteiger partial charge is 0.382 e. The van der Waals surface area contributed by atoms with E-state index >= 15 is 0 Å². The number of hydrogen-bond donors (Lipinski definition) is 2. The van der Waals surface area contributed by atoms with E-state index in [1.807, 2.05) is 0 Å². The number of nitrogens with one attached hydrogen (secondary N) is 2. The van der Waals surface area contributed by atoms with E-state index < -0.39 is 6.10 Å². The Morgan fingerprint density at radius 2 is 1.88 bits per heavy atom. The van der Waals surface area contributed by atoms with Crippen LogP contribution in [0.15, 0.2) is 40.0 Å². The lowest BCUT2D eigenvalue weighted by molar-refractivity contribution is -0.126. The highest BCUT2D eigenvalue weighted by Gasteiger charge is 2.16. The van der Waals surface area contributed by atoms with Crippen LogP contribution < -0.4 is 10.6 Å². The van der Waals surface area contributed by atoms with Crippen LogP contribution in [0.4, 0.5) is 11.5 Å². The van der Waals surface area contributed by atoms with Crippen LogP contribution in [0, 0.1) is 6.92 Å². The van der Waals surface area contributed by atoms with Crippen LogP contribution in [0.2, 0.25) is 0 Å². The van der Waals surface area contributed by atoms with Crippen LogP contribution in [-0.2, 0) is 14.4 Å². The Balaban J connectivity index is 1.92. The lowest BCUT2D eigenvalue weighted by Crippen LogP contribution is -2.26. The molecule has 1 unspecified atom stereocenters. The molecule has 2 amide bonds. The van der Waals surface area contributed by atoms with Gasteiger partial charge in [-0.05, 0) is 38.5 Å². The first-order valence-corrected chi connectivity index (χ1v) is 7.68. The van der Waals surface area contributed by atoms with Gasteiger partial charge in [-0.15, -0.1) is 0 Å². The molecule has 8 nitrogen and oxygen atoms in total. The van der Waals surface area contributed by atoms with Gasteiger partial charge < -0.3 is 20.0 Å². The number of nitrogens with zero attached hydrogens (tertiary/aromatic N) is 2. The summed E-state index contributed by atoms with van der Waals surface area (Å²) in [5, 5.41) is 12.9. The van der Waals surface area contributed by atoms with Gasteiger partial charge in [-0.25, -0.2) is 0 Å². The van der Waals surface area contributed by atoms with Crippen LogP contribution in [0.3, 0.4) is 0 Å². The number of benzene rings is 1. The molecular formula is C17H20N4O4. The van der Waals surface area contributed by atoms with Crippen LogP contribution in [-0.4, -0.2) is 28.8 Å². The molecule has 0 aliphatic heterocycles. The zero-order valence-electron chi connectivity index (χ0n) is 14.5. The summed E-state index contributed by atoms with van der Waals surface area (Å²) in [4.78, 5) is 28.2. The third-order valence-corrected chi connectivity index (χ3v) is 3.22. The molecule has 0 aliphatic rings. The molecule has 2 rings (SSSR count). The average Bonchev–Trinajstić information content (AvgIpc) is 2.97. The Morgan fingerprint density at radius 3 is 2.44 bits per heavy atom. The molecular weight excluding hydrogens is 324 g/mol. The van der Waals surface area contributed by atoms with Crippen molar-refractivity contribution in [3.8, 4) is 0 Å². The van der Waals surface area contributed by atoms with Crippen LogP contribution >= 0.6 is 0 Å². The summed E-state index contributed by atoms with van der Waals surface area (Å²) >= 11 is 0. The number of rotatable bonds is 6. The van der Waals surface area contributed by atoms with Crippen molar-refractivity contribution in [3.63, 3.8) is 0 Å². The molecule has 132 valence electrons. The first kappa shape index (κ1) is 18.2. The van der Waals surface area contributed by atoms with E-state index in [0.717, 1.165) is 5.56 Å². The van der Waals surface area contributed by atoms with E-state index in [-0.39, 0.29) is 11.8 Å². The summed E-state index contributed by atoms with van der Waals surface area (Å²) in [5.74, 6) is 0.405. The lowest BCUT2D eigenvalue weighted by atomic mass is 10.1. The fraction of sp³-hybridized carbons (Fsp3) is 0.294. The first-order valence-electron chi connectivity index (χ1n) is 7.68. The summed E-state index contributed by atoms with van der Waals surface area (Å²) in [6, 6.07) is 8.74. The number of amides is 2. The maximum atomic E-state index is 12.0. The third-order valence-electron chi connectivity index (χ3n) is 3.22. The Kier molecular flexibility index (Phi) is 5.89. The van der Waals surface area contributed by atoms with Crippen molar-refractivity contribution in [2.75, 3.05) is 10.6 Å². The van der Waals surface area contributed by atoms with E-state index in [1.54, 1.807) is 51.1 Å². The predicted molar refractivity (Wildman–Crippen MR) is 93.4 cm³/mol. The molecule has 0 saturated carbocycles. The van der Waals surface area contributed by atoms with E-state index in [0.29, 0.717) is 23.0 Å². The van der Waals surface area contributed by atoms with Crippen molar-refractivity contribution in [2.24, 2.45) is 5.16 Å². The van der Waals surface area contributed by atoms with Crippen molar-refractivity contribution in [2.45, 2.75) is 33.8 Å². The standard InChI is InChI=1S/C17H20N4O4/c1-10-9-16(21-24-10)19-17(23)12(3)25-20-11(2)14-5-7-15(8-6-14)18-13(4)22/h5-9,12H,1-4H3,(H,18,22)(H,19,21,23)/b20-11+. The molecule has 1 atom stereocenters. The second kappa shape index (κ2) is 8.09. The average molecular weight is 344 g/mol. The Labute approximate surface area is 145 Å². The molecule has 2 N–H and O–H groups in total. The number of carbonyl (C=O) groups excluding carboxylic acids is 2. The summed E-state index contributed by atoms with van der Waals surface area (Å²) in [5.41, 5.74) is 2.11. The summed E-state index contributed by atoms with van der Waals surface area (Å²) < 4.78 is 4.88. The van der Waals surface area contributed by atoms with Gasteiger partial charge in [0.05, 0.1) is 5.71 Å². The molecule has 1 aromatic carbocycles. The van der Waals surface area contributed by atoms with Crippen molar-refractivity contribution in [1.29, 1.82) is 0 Å². The van der Waals surface area contributed by atoms with Crippen LogP contribution in [0.5, 0.6) is 0 Å². The summed E-state index contributed by atoms with van der Waals surface area (Å²) in [6.07, 6.45) is -0.800.